The second kappa shape index (κ2) is 9.79. The Labute approximate surface area is 187 Å². The Morgan fingerprint density at radius 3 is 2.29 bits per heavy atom. The molecule has 0 saturated carbocycles. The fourth-order valence-corrected chi connectivity index (χ4v) is 3.72. The Hall–Kier alpha value is -3.12. The predicted molar refractivity (Wildman–Crippen MR) is 124 cm³/mol. The third kappa shape index (κ3) is 4.80. The highest BCUT2D eigenvalue weighted by molar-refractivity contribution is 6.34. The molecule has 6 nitrogen and oxygen atoms in total. The van der Waals surface area contributed by atoms with E-state index >= 15 is 0 Å². The zero-order valence-corrected chi connectivity index (χ0v) is 19.0. The monoisotopic (exact) mass is 438 g/mol. The van der Waals surface area contributed by atoms with Crippen LogP contribution in [-0.4, -0.2) is 39.6 Å². The van der Waals surface area contributed by atoms with E-state index in [1.54, 1.807) is 34.0 Å². The lowest BCUT2D eigenvalue weighted by molar-refractivity contribution is 0.0773. The first-order valence-electron chi connectivity index (χ1n) is 10.4. The number of carbonyl (C=O) groups is 2. The van der Waals surface area contributed by atoms with Crippen molar-refractivity contribution in [1.29, 1.82) is 0 Å². The summed E-state index contributed by atoms with van der Waals surface area (Å²) in [4.78, 5) is 27.2. The highest BCUT2D eigenvalue weighted by atomic mass is 35.5. The van der Waals surface area contributed by atoms with Gasteiger partial charge in [-0.3, -0.25) is 9.59 Å². The van der Waals surface area contributed by atoms with Crippen LogP contribution in [0.2, 0.25) is 5.02 Å². The van der Waals surface area contributed by atoms with Crippen LogP contribution in [-0.2, 0) is 6.42 Å². The number of benzene rings is 2. The van der Waals surface area contributed by atoms with Crippen LogP contribution >= 0.6 is 11.6 Å². The molecule has 31 heavy (non-hydrogen) atoms. The van der Waals surface area contributed by atoms with Crippen molar-refractivity contribution >= 4 is 29.1 Å². The molecule has 2 aromatic carbocycles. The van der Waals surface area contributed by atoms with Gasteiger partial charge in [-0.25, -0.2) is 4.68 Å². The van der Waals surface area contributed by atoms with E-state index in [-0.39, 0.29) is 11.8 Å². The summed E-state index contributed by atoms with van der Waals surface area (Å²) in [5, 5.41) is 7.60. The van der Waals surface area contributed by atoms with Crippen LogP contribution in [0.3, 0.4) is 0 Å². The lowest BCUT2D eigenvalue weighted by Gasteiger charge is -2.19. The molecule has 0 fully saturated rings. The molecule has 3 aromatic rings. The van der Waals surface area contributed by atoms with Crippen molar-refractivity contribution in [2.45, 2.75) is 34.1 Å². The van der Waals surface area contributed by atoms with Crippen LogP contribution in [0.1, 0.15) is 52.7 Å². The Kier molecular flexibility index (Phi) is 7.13. The van der Waals surface area contributed by atoms with Crippen molar-refractivity contribution in [3.63, 3.8) is 0 Å². The van der Waals surface area contributed by atoms with Crippen LogP contribution in [0.25, 0.3) is 5.69 Å². The minimum Gasteiger partial charge on any atom is -0.339 e. The van der Waals surface area contributed by atoms with E-state index in [0.29, 0.717) is 41.3 Å². The molecule has 0 saturated heterocycles. The van der Waals surface area contributed by atoms with Crippen LogP contribution in [0, 0.1) is 6.92 Å². The highest BCUT2D eigenvalue weighted by Crippen LogP contribution is 2.24. The molecule has 0 aliphatic carbocycles. The molecule has 7 heteroatoms. The summed E-state index contributed by atoms with van der Waals surface area (Å²) in [5.74, 6) is -0.394. The average Bonchev–Trinajstić information content (AvgIpc) is 3.19. The second-order valence-corrected chi connectivity index (χ2v) is 7.64. The SMILES string of the molecule is CCc1c(C(=O)Nc2ccc(C(=O)N(CC)CC)c(Cl)c2)cnn1-c1ccc(C)cc1. The first-order valence-corrected chi connectivity index (χ1v) is 10.8. The number of anilines is 1. The van der Waals surface area contributed by atoms with E-state index in [1.165, 1.54) is 0 Å². The van der Waals surface area contributed by atoms with Crippen LogP contribution in [0.5, 0.6) is 0 Å². The summed E-state index contributed by atoms with van der Waals surface area (Å²) in [6.45, 7) is 9.07. The summed E-state index contributed by atoms with van der Waals surface area (Å²) in [7, 11) is 0. The maximum Gasteiger partial charge on any atom is 0.259 e. The first kappa shape index (κ1) is 22.6. The van der Waals surface area contributed by atoms with Gasteiger partial charge in [0.2, 0.25) is 0 Å². The van der Waals surface area contributed by atoms with Crippen LogP contribution in [0.4, 0.5) is 5.69 Å². The molecule has 1 heterocycles. The van der Waals surface area contributed by atoms with Crippen molar-refractivity contribution < 1.29 is 9.59 Å². The van der Waals surface area contributed by atoms with E-state index in [4.69, 9.17) is 11.6 Å². The number of carbonyl (C=O) groups excluding carboxylic acids is 2. The van der Waals surface area contributed by atoms with Crippen molar-refractivity contribution in [1.82, 2.24) is 14.7 Å². The number of aromatic nitrogens is 2. The Morgan fingerprint density at radius 2 is 1.71 bits per heavy atom. The molecule has 162 valence electrons. The number of hydrogen-bond acceptors (Lipinski definition) is 3. The summed E-state index contributed by atoms with van der Waals surface area (Å²) in [6.07, 6.45) is 2.22. The van der Waals surface area contributed by atoms with Crippen LogP contribution in [0.15, 0.2) is 48.7 Å². The van der Waals surface area contributed by atoms with Crippen molar-refractivity contribution in [3.8, 4) is 5.69 Å². The maximum atomic E-state index is 12.9. The molecule has 3 rings (SSSR count). The summed E-state index contributed by atoms with van der Waals surface area (Å²) in [6, 6.07) is 12.9. The molecule has 0 bridgehead atoms. The van der Waals surface area contributed by atoms with Gasteiger partial charge in [-0.05, 0) is 57.5 Å². The van der Waals surface area contributed by atoms with Gasteiger partial charge in [-0.2, -0.15) is 5.10 Å². The van der Waals surface area contributed by atoms with Gasteiger partial charge >= 0.3 is 0 Å². The number of nitrogens with zero attached hydrogens (tertiary/aromatic N) is 3. The minimum atomic E-state index is -0.269. The van der Waals surface area contributed by atoms with Crippen molar-refractivity contribution in [3.05, 3.63) is 76.1 Å². The van der Waals surface area contributed by atoms with Gasteiger partial charge in [0.25, 0.3) is 11.8 Å². The largest absolute Gasteiger partial charge is 0.339 e. The molecule has 2 amide bonds. The molecule has 1 N–H and O–H groups in total. The van der Waals surface area contributed by atoms with Gasteiger partial charge in [0, 0.05) is 18.8 Å². The van der Waals surface area contributed by atoms with Gasteiger partial charge in [0.05, 0.1) is 33.7 Å². The van der Waals surface area contributed by atoms with E-state index in [0.717, 1.165) is 16.9 Å². The minimum absolute atomic E-state index is 0.125. The molecule has 0 radical (unpaired) electrons. The third-order valence-corrected chi connectivity index (χ3v) is 5.55. The molecule has 0 aliphatic rings. The number of amides is 2. The lowest BCUT2D eigenvalue weighted by Crippen LogP contribution is -2.30. The van der Waals surface area contributed by atoms with E-state index < -0.39 is 0 Å². The van der Waals surface area contributed by atoms with E-state index in [1.807, 2.05) is 52.0 Å². The van der Waals surface area contributed by atoms with Gasteiger partial charge in [-0.1, -0.05) is 36.2 Å². The van der Waals surface area contributed by atoms with Gasteiger partial charge in [0.1, 0.15) is 0 Å². The highest BCUT2D eigenvalue weighted by Gasteiger charge is 2.19. The number of aryl methyl sites for hydroxylation is 1. The second-order valence-electron chi connectivity index (χ2n) is 7.23. The molecule has 0 atom stereocenters. The summed E-state index contributed by atoms with van der Waals surface area (Å²) < 4.78 is 1.78. The zero-order chi connectivity index (χ0) is 22.5. The van der Waals surface area contributed by atoms with Gasteiger partial charge < -0.3 is 10.2 Å². The quantitative estimate of drug-likeness (QED) is 0.556. The Balaban J connectivity index is 1.83. The topological polar surface area (TPSA) is 67.2 Å². The number of halogens is 1. The average molecular weight is 439 g/mol. The van der Waals surface area contributed by atoms with Crippen molar-refractivity contribution in [2.75, 3.05) is 18.4 Å². The predicted octanol–water partition coefficient (Wildman–Crippen LogP) is 5.13. The first-order chi connectivity index (χ1) is 14.9. The van der Waals surface area contributed by atoms with E-state index in [9.17, 15) is 9.59 Å². The fourth-order valence-electron chi connectivity index (χ4n) is 3.46. The van der Waals surface area contributed by atoms with Gasteiger partial charge in [-0.15, -0.1) is 0 Å². The molecular weight excluding hydrogens is 412 g/mol. The summed E-state index contributed by atoms with van der Waals surface area (Å²) >= 11 is 6.35. The molecule has 0 aliphatic heterocycles. The molecule has 0 unspecified atom stereocenters. The Bertz CT molecular complexity index is 1090. The van der Waals surface area contributed by atoms with Gasteiger partial charge in [0.15, 0.2) is 0 Å². The molecular formula is C24H27ClN4O2. The number of hydrogen-bond donors (Lipinski definition) is 1. The van der Waals surface area contributed by atoms with E-state index in [2.05, 4.69) is 10.4 Å². The van der Waals surface area contributed by atoms with Crippen LogP contribution < -0.4 is 5.32 Å². The van der Waals surface area contributed by atoms with Crippen molar-refractivity contribution in [2.24, 2.45) is 0 Å². The number of nitrogens with one attached hydrogen (secondary N) is 1. The maximum absolute atomic E-state index is 12.9. The normalized spacial score (nSPS) is 10.7. The summed E-state index contributed by atoms with van der Waals surface area (Å²) in [5.41, 5.74) is 4.33. The molecule has 0 spiro atoms. The smallest absolute Gasteiger partial charge is 0.259 e. The third-order valence-electron chi connectivity index (χ3n) is 5.23. The fraction of sp³-hybridized carbons (Fsp3) is 0.292. The molecule has 1 aromatic heterocycles. The lowest BCUT2D eigenvalue weighted by atomic mass is 10.1. The standard InChI is InChI=1S/C24H27ClN4O2/c1-5-22-20(15-26-29(22)18-11-8-16(4)9-12-18)23(30)27-17-10-13-19(21(25)14-17)24(31)28(6-2)7-3/h8-15H,5-7H2,1-4H3,(H,27,30). The Morgan fingerprint density at radius 1 is 1.03 bits per heavy atom. The zero-order valence-electron chi connectivity index (χ0n) is 18.3. The number of rotatable bonds is 7.